The lowest BCUT2D eigenvalue weighted by molar-refractivity contribution is -0.139. The third-order valence-electron chi connectivity index (χ3n) is 3.73. The topological polar surface area (TPSA) is 55.8 Å². The van der Waals surface area contributed by atoms with Crippen LogP contribution in [0.4, 0.5) is 0 Å². The average Bonchev–Trinajstić information content (AvgIpc) is 2.60. The maximum absolute atomic E-state index is 11.4. The van der Waals surface area contributed by atoms with Crippen LogP contribution in [0.5, 0.6) is 5.75 Å². The number of ether oxygens (including phenoxy) is 2. The van der Waals surface area contributed by atoms with Crippen LogP contribution >= 0.6 is 0 Å². The summed E-state index contributed by atoms with van der Waals surface area (Å²) in [5.41, 5.74) is 4.57. The monoisotopic (exact) mass is 340 g/mol. The zero-order chi connectivity index (χ0) is 18.2. The largest absolute Gasteiger partial charge is 0.489 e. The molecule has 0 fully saturated rings. The van der Waals surface area contributed by atoms with E-state index in [0.29, 0.717) is 17.7 Å². The van der Waals surface area contributed by atoms with Gasteiger partial charge in [-0.15, -0.1) is 0 Å². The van der Waals surface area contributed by atoms with Crippen LogP contribution in [0.3, 0.4) is 0 Å². The van der Waals surface area contributed by atoms with Crippen molar-refractivity contribution in [1.29, 1.82) is 0 Å². The van der Waals surface area contributed by atoms with E-state index < -0.39 is 5.97 Å². The summed E-state index contributed by atoms with van der Waals surface area (Å²) in [5, 5.41) is 9.15. The fourth-order valence-corrected chi connectivity index (χ4v) is 2.35. The predicted octanol–water partition coefficient (Wildman–Crippen LogP) is 3.69. The number of rotatable bonds is 8. The number of hydrogen-bond acceptors (Lipinski definition) is 4. The molecule has 0 radical (unpaired) electrons. The molecule has 1 N–H and O–H groups in total. The summed E-state index contributed by atoms with van der Waals surface area (Å²) in [5.74, 6) is 0.289. The fourth-order valence-electron chi connectivity index (χ4n) is 2.35. The summed E-state index contributed by atoms with van der Waals surface area (Å²) < 4.78 is 10.9. The number of carbonyl (C=O) groups is 1. The average molecular weight is 340 g/mol. The first-order chi connectivity index (χ1) is 12.0. The molecule has 2 aromatic carbocycles. The van der Waals surface area contributed by atoms with Crippen LogP contribution in [0.1, 0.15) is 18.1 Å². The molecule has 132 valence electrons. The molecule has 0 heterocycles. The standard InChI is InChI=1S/C21H24O4/c1-15(2)21(23)25-13-12-24-20-14-17(10-11-22)6-9-19(20)18-7-4-16(3)5-8-18/h4-9,14,22H,1,10-13H2,2-3H3. The highest BCUT2D eigenvalue weighted by molar-refractivity contribution is 5.86. The molecule has 25 heavy (non-hydrogen) atoms. The van der Waals surface area contributed by atoms with E-state index in [4.69, 9.17) is 14.6 Å². The zero-order valence-electron chi connectivity index (χ0n) is 14.7. The predicted molar refractivity (Wildman–Crippen MR) is 98.7 cm³/mol. The van der Waals surface area contributed by atoms with Gasteiger partial charge in [-0.05, 0) is 37.5 Å². The van der Waals surface area contributed by atoms with Gasteiger partial charge in [-0.3, -0.25) is 0 Å². The van der Waals surface area contributed by atoms with Gasteiger partial charge in [-0.25, -0.2) is 4.79 Å². The number of benzene rings is 2. The molecule has 0 amide bonds. The number of hydrogen-bond donors (Lipinski definition) is 1. The maximum Gasteiger partial charge on any atom is 0.333 e. The van der Waals surface area contributed by atoms with Gasteiger partial charge in [-0.2, -0.15) is 0 Å². The van der Waals surface area contributed by atoms with E-state index in [1.54, 1.807) is 6.92 Å². The van der Waals surface area contributed by atoms with Gasteiger partial charge in [0, 0.05) is 17.7 Å². The van der Waals surface area contributed by atoms with Crippen molar-refractivity contribution in [3.8, 4) is 16.9 Å². The van der Waals surface area contributed by atoms with Gasteiger partial charge in [0.25, 0.3) is 0 Å². The number of aliphatic hydroxyl groups excluding tert-OH is 1. The second-order valence-corrected chi connectivity index (χ2v) is 5.93. The van der Waals surface area contributed by atoms with Crippen LogP contribution in [0.2, 0.25) is 0 Å². The second-order valence-electron chi connectivity index (χ2n) is 5.93. The second kappa shape index (κ2) is 9.04. The molecule has 0 aromatic heterocycles. The molecule has 0 spiro atoms. The minimum absolute atomic E-state index is 0.0829. The summed E-state index contributed by atoms with van der Waals surface area (Å²) in [6, 6.07) is 14.1. The molecule has 0 aliphatic heterocycles. The summed E-state index contributed by atoms with van der Waals surface area (Å²) in [7, 11) is 0. The SMILES string of the molecule is C=C(C)C(=O)OCCOc1cc(CCO)ccc1-c1ccc(C)cc1. The lowest BCUT2D eigenvalue weighted by Crippen LogP contribution is -2.12. The Labute approximate surface area is 148 Å². The van der Waals surface area contributed by atoms with Crippen molar-refractivity contribution in [3.05, 3.63) is 65.7 Å². The van der Waals surface area contributed by atoms with Crippen LogP contribution in [-0.4, -0.2) is 30.9 Å². The Hall–Kier alpha value is -2.59. The highest BCUT2D eigenvalue weighted by Gasteiger charge is 2.09. The molecule has 0 saturated carbocycles. The lowest BCUT2D eigenvalue weighted by atomic mass is 10.0. The lowest BCUT2D eigenvalue weighted by Gasteiger charge is -2.14. The maximum atomic E-state index is 11.4. The third kappa shape index (κ3) is 5.47. The number of carbonyl (C=O) groups excluding carboxylic acids is 1. The van der Waals surface area contributed by atoms with Gasteiger partial charge in [0.1, 0.15) is 19.0 Å². The van der Waals surface area contributed by atoms with Gasteiger partial charge >= 0.3 is 5.97 Å². The number of aryl methyl sites for hydroxylation is 1. The Balaban J connectivity index is 2.14. The van der Waals surface area contributed by atoms with Crippen molar-refractivity contribution in [1.82, 2.24) is 0 Å². The van der Waals surface area contributed by atoms with Crippen molar-refractivity contribution in [3.63, 3.8) is 0 Å². The van der Waals surface area contributed by atoms with Crippen LogP contribution in [0.25, 0.3) is 11.1 Å². The Morgan fingerprint density at radius 2 is 1.84 bits per heavy atom. The molecule has 0 aliphatic rings. The molecule has 0 saturated heterocycles. The smallest absolute Gasteiger partial charge is 0.333 e. The van der Waals surface area contributed by atoms with Crippen molar-refractivity contribution < 1.29 is 19.4 Å². The highest BCUT2D eigenvalue weighted by Crippen LogP contribution is 2.31. The van der Waals surface area contributed by atoms with Crippen LogP contribution in [0.15, 0.2) is 54.6 Å². The molecule has 0 unspecified atom stereocenters. The number of aliphatic hydroxyl groups is 1. The van der Waals surface area contributed by atoms with Crippen LogP contribution in [0, 0.1) is 6.92 Å². The molecule has 0 bridgehead atoms. The zero-order valence-corrected chi connectivity index (χ0v) is 14.7. The first kappa shape index (κ1) is 18.7. The molecular formula is C21H24O4. The van der Waals surface area contributed by atoms with E-state index in [2.05, 4.69) is 18.7 Å². The van der Waals surface area contributed by atoms with Crippen LogP contribution in [-0.2, 0) is 16.0 Å². The minimum Gasteiger partial charge on any atom is -0.489 e. The molecule has 2 rings (SSSR count). The van der Waals surface area contributed by atoms with Gasteiger partial charge in [0.2, 0.25) is 0 Å². The summed E-state index contributed by atoms with van der Waals surface area (Å²) in [6.07, 6.45) is 0.565. The van der Waals surface area contributed by atoms with E-state index in [1.807, 2.05) is 37.3 Å². The summed E-state index contributed by atoms with van der Waals surface area (Å²) in [4.78, 5) is 11.4. The molecule has 4 heteroatoms. The van der Waals surface area contributed by atoms with E-state index >= 15 is 0 Å². The first-order valence-electron chi connectivity index (χ1n) is 8.27. The van der Waals surface area contributed by atoms with E-state index in [0.717, 1.165) is 16.7 Å². The van der Waals surface area contributed by atoms with E-state index in [9.17, 15) is 4.79 Å². The van der Waals surface area contributed by atoms with Gasteiger partial charge < -0.3 is 14.6 Å². The Morgan fingerprint density at radius 1 is 1.12 bits per heavy atom. The number of esters is 1. The van der Waals surface area contributed by atoms with Gasteiger partial charge in [-0.1, -0.05) is 48.5 Å². The highest BCUT2D eigenvalue weighted by atomic mass is 16.6. The molecule has 0 atom stereocenters. The Kier molecular flexibility index (Phi) is 6.78. The summed E-state index contributed by atoms with van der Waals surface area (Å²) >= 11 is 0. The first-order valence-corrected chi connectivity index (χ1v) is 8.27. The molecular weight excluding hydrogens is 316 g/mol. The van der Waals surface area contributed by atoms with Crippen molar-refractivity contribution in [2.45, 2.75) is 20.3 Å². The molecule has 4 nitrogen and oxygen atoms in total. The van der Waals surface area contributed by atoms with Crippen molar-refractivity contribution in [2.75, 3.05) is 19.8 Å². The summed E-state index contributed by atoms with van der Waals surface area (Å²) in [6.45, 7) is 7.69. The van der Waals surface area contributed by atoms with E-state index in [1.165, 1.54) is 5.56 Å². The van der Waals surface area contributed by atoms with Crippen LogP contribution < -0.4 is 4.74 Å². The van der Waals surface area contributed by atoms with Gasteiger partial charge in [0.15, 0.2) is 0 Å². The van der Waals surface area contributed by atoms with Crippen molar-refractivity contribution in [2.24, 2.45) is 0 Å². The normalized spacial score (nSPS) is 10.4. The molecule has 2 aromatic rings. The third-order valence-corrected chi connectivity index (χ3v) is 3.73. The van der Waals surface area contributed by atoms with Crippen molar-refractivity contribution >= 4 is 5.97 Å². The minimum atomic E-state index is -0.420. The van der Waals surface area contributed by atoms with E-state index in [-0.39, 0.29) is 19.8 Å². The molecule has 0 aliphatic carbocycles. The fraction of sp³-hybridized carbons (Fsp3) is 0.286. The quantitative estimate of drug-likeness (QED) is 0.452. The Morgan fingerprint density at radius 3 is 2.48 bits per heavy atom. The van der Waals surface area contributed by atoms with Gasteiger partial charge in [0.05, 0.1) is 0 Å². The Bertz CT molecular complexity index is 732.